The van der Waals surface area contributed by atoms with E-state index in [9.17, 15) is 4.79 Å². The fourth-order valence-electron chi connectivity index (χ4n) is 2.23. The van der Waals surface area contributed by atoms with Crippen LogP contribution in [0.2, 0.25) is 0 Å². The second kappa shape index (κ2) is 7.98. The van der Waals surface area contributed by atoms with E-state index in [1.807, 2.05) is 61.5 Å². The van der Waals surface area contributed by atoms with Crippen LogP contribution in [-0.4, -0.2) is 21.4 Å². The minimum Gasteiger partial charge on any atom is -0.411 e. The summed E-state index contributed by atoms with van der Waals surface area (Å²) in [5.41, 5.74) is 2.87. The summed E-state index contributed by atoms with van der Waals surface area (Å²) >= 11 is 1.24. The monoisotopic (exact) mass is 353 g/mol. The molecule has 0 bridgehead atoms. The summed E-state index contributed by atoms with van der Waals surface area (Å²) in [4.78, 5) is 12.3. The topological polar surface area (TPSA) is 68.0 Å². The summed E-state index contributed by atoms with van der Waals surface area (Å²) in [5, 5.41) is 11.0. The highest BCUT2D eigenvalue weighted by Crippen LogP contribution is 2.26. The largest absolute Gasteiger partial charge is 0.411 e. The standard InChI is InChI=1S/C19H19N3O2S/c1-3-14-9-11-16(12-10-14)20-17(23)13(2)25-19-22-21-18(24-19)15-7-5-4-6-8-15/h4-13H,3H2,1-2H3,(H,20,23). The van der Waals surface area contributed by atoms with Gasteiger partial charge in [0.05, 0.1) is 5.25 Å². The van der Waals surface area contributed by atoms with Gasteiger partial charge in [0.25, 0.3) is 5.22 Å². The van der Waals surface area contributed by atoms with Crippen molar-refractivity contribution in [2.75, 3.05) is 5.32 Å². The van der Waals surface area contributed by atoms with Gasteiger partial charge in [0.15, 0.2) is 0 Å². The molecule has 0 aliphatic carbocycles. The Labute approximate surface area is 150 Å². The van der Waals surface area contributed by atoms with Crippen molar-refractivity contribution in [1.29, 1.82) is 0 Å². The first kappa shape index (κ1) is 17.2. The van der Waals surface area contributed by atoms with E-state index in [0.29, 0.717) is 11.1 Å². The number of nitrogens with zero attached hydrogens (tertiary/aromatic N) is 2. The molecule has 128 valence electrons. The lowest BCUT2D eigenvalue weighted by Crippen LogP contribution is -2.22. The van der Waals surface area contributed by atoms with Crippen molar-refractivity contribution in [1.82, 2.24) is 10.2 Å². The van der Waals surface area contributed by atoms with Gasteiger partial charge in [-0.2, -0.15) is 0 Å². The van der Waals surface area contributed by atoms with Crippen LogP contribution < -0.4 is 5.32 Å². The SMILES string of the molecule is CCc1ccc(NC(=O)C(C)Sc2nnc(-c3ccccc3)o2)cc1. The molecule has 1 heterocycles. The van der Waals surface area contributed by atoms with Gasteiger partial charge in [-0.3, -0.25) is 4.79 Å². The maximum absolute atomic E-state index is 12.3. The molecule has 0 radical (unpaired) electrons. The van der Waals surface area contributed by atoms with E-state index < -0.39 is 0 Å². The smallest absolute Gasteiger partial charge is 0.277 e. The van der Waals surface area contributed by atoms with Crippen LogP contribution in [0.25, 0.3) is 11.5 Å². The van der Waals surface area contributed by atoms with Crippen molar-refractivity contribution in [3.63, 3.8) is 0 Å². The van der Waals surface area contributed by atoms with Crippen molar-refractivity contribution in [2.45, 2.75) is 30.7 Å². The third kappa shape index (κ3) is 4.48. The molecule has 0 saturated carbocycles. The van der Waals surface area contributed by atoms with Gasteiger partial charge in [-0.1, -0.05) is 49.0 Å². The molecular weight excluding hydrogens is 334 g/mol. The zero-order valence-corrected chi connectivity index (χ0v) is 14.9. The molecule has 2 aromatic carbocycles. The molecule has 0 aliphatic heterocycles. The van der Waals surface area contributed by atoms with Gasteiger partial charge in [0, 0.05) is 11.3 Å². The number of carbonyl (C=O) groups is 1. The van der Waals surface area contributed by atoms with Gasteiger partial charge in [-0.05, 0) is 43.2 Å². The Balaban J connectivity index is 1.60. The van der Waals surface area contributed by atoms with E-state index in [1.54, 1.807) is 0 Å². The number of hydrogen-bond donors (Lipinski definition) is 1. The molecule has 1 unspecified atom stereocenters. The maximum atomic E-state index is 12.3. The van der Waals surface area contributed by atoms with Crippen molar-refractivity contribution < 1.29 is 9.21 Å². The molecule has 1 atom stereocenters. The number of amides is 1. The van der Waals surface area contributed by atoms with Crippen LogP contribution in [0.4, 0.5) is 5.69 Å². The number of hydrogen-bond acceptors (Lipinski definition) is 5. The van der Waals surface area contributed by atoms with Crippen molar-refractivity contribution >= 4 is 23.4 Å². The van der Waals surface area contributed by atoms with Gasteiger partial charge in [-0.25, -0.2) is 0 Å². The van der Waals surface area contributed by atoms with Crippen LogP contribution in [0.5, 0.6) is 0 Å². The summed E-state index contributed by atoms with van der Waals surface area (Å²) in [5.74, 6) is 0.347. The minimum atomic E-state index is -0.352. The Morgan fingerprint density at radius 2 is 1.84 bits per heavy atom. The van der Waals surface area contributed by atoms with E-state index in [4.69, 9.17) is 4.42 Å². The van der Waals surface area contributed by atoms with E-state index in [2.05, 4.69) is 22.4 Å². The second-order valence-electron chi connectivity index (χ2n) is 5.54. The summed E-state index contributed by atoms with van der Waals surface area (Å²) in [6.45, 7) is 3.91. The fraction of sp³-hybridized carbons (Fsp3) is 0.211. The molecule has 0 aliphatic rings. The normalized spacial score (nSPS) is 11.9. The third-order valence-electron chi connectivity index (χ3n) is 3.70. The highest BCUT2D eigenvalue weighted by molar-refractivity contribution is 8.00. The molecule has 1 N–H and O–H groups in total. The Morgan fingerprint density at radius 1 is 1.12 bits per heavy atom. The molecule has 6 heteroatoms. The number of aromatic nitrogens is 2. The molecule has 25 heavy (non-hydrogen) atoms. The number of carbonyl (C=O) groups excluding carboxylic acids is 1. The zero-order chi connectivity index (χ0) is 17.6. The van der Waals surface area contributed by atoms with Crippen LogP contribution in [0.15, 0.2) is 64.2 Å². The minimum absolute atomic E-state index is 0.103. The molecule has 0 saturated heterocycles. The van der Waals surface area contributed by atoms with Crippen LogP contribution in [-0.2, 0) is 11.2 Å². The van der Waals surface area contributed by atoms with Gasteiger partial charge < -0.3 is 9.73 Å². The first-order valence-electron chi connectivity index (χ1n) is 8.11. The lowest BCUT2D eigenvalue weighted by molar-refractivity contribution is -0.115. The van der Waals surface area contributed by atoms with Crippen molar-refractivity contribution in [3.8, 4) is 11.5 Å². The second-order valence-corrected chi connectivity index (χ2v) is 6.83. The number of rotatable bonds is 6. The highest BCUT2D eigenvalue weighted by atomic mass is 32.2. The lowest BCUT2D eigenvalue weighted by atomic mass is 10.1. The Kier molecular flexibility index (Phi) is 5.50. The number of aryl methyl sites for hydroxylation is 1. The molecule has 1 aromatic heterocycles. The van der Waals surface area contributed by atoms with E-state index in [0.717, 1.165) is 17.7 Å². The van der Waals surface area contributed by atoms with Crippen molar-refractivity contribution in [3.05, 3.63) is 60.2 Å². The number of nitrogens with one attached hydrogen (secondary N) is 1. The van der Waals surface area contributed by atoms with Gasteiger partial charge >= 0.3 is 0 Å². The first-order valence-corrected chi connectivity index (χ1v) is 8.99. The van der Waals surface area contributed by atoms with Crippen LogP contribution in [0.1, 0.15) is 19.4 Å². The van der Waals surface area contributed by atoms with Crippen LogP contribution in [0.3, 0.4) is 0 Å². The highest BCUT2D eigenvalue weighted by Gasteiger charge is 2.18. The molecule has 0 spiro atoms. The molecule has 5 nitrogen and oxygen atoms in total. The number of benzene rings is 2. The Bertz CT molecular complexity index is 831. The zero-order valence-electron chi connectivity index (χ0n) is 14.1. The average Bonchev–Trinajstić information content (AvgIpc) is 3.11. The summed E-state index contributed by atoms with van der Waals surface area (Å²) in [6.07, 6.45) is 0.974. The third-order valence-corrected chi connectivity index (χ3v) is 4.64. The number of anilines is 1. The van der Waals surface area contributed by atoms with Gasteiger partial charge in [-0.15, -0.1) is 10.2 Å². The number of thioether (sulfide) groups is 1. The van der Waals surface area contributed by atoms with E-state index in [-0.39, 0.29) is 11.2 Å². The predicted molar refractivity (Wildman–Crippen MR) is 99.5 cm³/mol. The van der Waals surface area contributed by atoms with Crippen LogP contribution >= 0.6 is 11.8 Å². The summed E-state index contributed by atoms with van der Waals surface area (Å²) in [7, 11) is 0. The molecule has 1 amide bonds. The van der Waals surface area contributed by atoms with E-state index >= 15 is 0 Å². The van der Waals surface area contributed by atoms with Gasteiger partial charge in [0.2, 0.25) is 11.8 Å². The summed E-state index contributed by atoms with van der Waals surface area (Å²) in [6, 6.07) is 17.4. The molecular formula is C19H19N3O2S. The van der Waals surface area contributed by atoms with Gasteiger partial charge in [0.1, 0.15) is 0 Å². The average molecular weight is 353 g/mol. The summed E-state index contributed by atoms with van der Waals surface area (Å²) < 4.78 is 5.63. The fourth-order valence-corrected chi connectivity index (χ4v) is 2.91. The quantitative estimate of drug-likeness (QED) is 0.665. The van der Waals surface area contributed by atoms with Crippen LogP contribution in [0, 0.1) is 0 Å². The predicted octanol–water partition coefficient (Wildman–Crippen LogP) is 4.42. The first-order chi connectivity index (χ1) is 12.2. The Hall–Kier alpha value is -2.60. The Morgan fingerprint density at radius 3 is 2.52 bits per heavy atom. The molecule has 3 rings (SSSR count). The lowest BCUT2D eigenvalue weighted by Gasteiger charge is -2.10. The van der Waals surface area contributed by atoms with Crippen molar-refractivity contribution in [2.24, 2.45) is 0 Å². The maximum Gasteiger partial charge on any atom is 0.277 e. The van der Waals surface area contributed by atoms with E-state index in [1.165, 1.54) is 17.3 Å². The molecule has 0 fully saturated rings. The molecule has 3 aromatic rings.